The molecule has 0 aliphatic heterocycles. The van der Waals surface area contributed by atoms with Crippen LogP contribution < -0.4 is 4.72 Å². The minimum atomic E-state index is -4.41. The van der Waals surface area contributed by atoms with Gasteiger partial charge in [0.05, 0.1) is 31.0 Å². The summed E-state index contributed by atoms with van der Waals surface area (Å²) in [6.07, 6.45) is 2.50. The van der Waals surface area contributed by atoms with E-state index in [1.54, 1.807) is 0 Å². The molecule has 3 rings (SSSR count). The van der Waals surface area contributed by atoms with E-state index in [1.807, 2.05) is 0 Å². The Kier molecular flexibility index (Phi) is 5.78. The van der Waals surface area contributed by atoms with E-state index in [9.17, 15) is 22.4 Å². The zero-order valence-corrected chi connectivity index (χ0v) is 16.5. The maximum Gasteiger partial charge on any atom is 0.339 e. The first-order valence-corrected chi connectivity index (χ1v) is 9.73. The van der Waals surface area contributed by atoms with Gasteiger partial charge in [-0.3, -0.25) is 4.72 Å². The topological polar surface area (TPSA) is 129 Å². The van der Waals surface area contributed by atoms with Crippen LogP contribution in [0.1, 0.15) is 20.7 Å². The van der Waals surface area contributed by atoms with Gasteiger partial charge in [0.1, 0.15) is 23.2 Å². The van der Waals surface area contributed by atoms with Gasteiger partial charge in [-0.2, -0.15) is 5.10 Å². The Morgan fingerprint density at radius 1 is 1.07 bits per heavy atom. The van der Waals surface area contributed by atoms with Gasteiger partial charge in [0.25, 0.3) is 10.0 Å². The Hall–Kier alpha value is -3.80. The highest BCUT2D eigenvalue weighted by atomic mass is 32.2. The second-order valence-electron chi connectivity index (χ2n) is 5.81. The van der Waals surface area contributed by atoms with Gasteiger partial charge in [0.15, 0.2) is 5.82 Å². The fourth-order valence-electron chi connectivity index (χ4n) is 2.57. The van der Waals surface area contributed by atoms with Crippen LogP contribution in [0, 0.1) is 5.82 Å². The van der Waals surface area contributed by atoms with Gasteiger partial charge in [-0.15, -0.1) is 0 Å². The zero-order chi connectivity index (χ0) is 21.9. The average Bonchev–Trinajstić information content (AvgIpc) is 3.26. The Morgan fingerprint density at radius 2 is 1.80 bits per heavy atom. The number of nitrogens with one attached hydrogen (secondary N) is 1. The molecule has 10 nitrogen and oxygen atoms in total. The molecule has 0 spiro atoms. The maximum atomic E-state index is 14.4. The van der Waals surface area contributed by atoms with Crippen LogP contribution in [0.15, 0.2) is 53.9 Å². The first kappa shape index (κ1) is 20.9. The molecule has 0 amide bonds. The fourth-order valence-corrected chi connectivity index (χ4v) is 3.84. The van der Waals surface area contributed by atoms with Crippen LogP contribution >= 0.6 is 0 Å². The number of esters is 2. The molecule has 3 aromatic rings. The van der Waals surface area contributed by atoms with Crippen molar-refractivity contribution in [2.24, 2.45) is 0 Å². The molecule has 0 aliphatic rings. The Bertz CT molecular complexity index is 1210. The smallest absolute Gasteiger partial charge is 0.339 e. The number of sulfonamides is 1. The van der Waals surface area contributed by atoms with Crippen molar-refractivity contribution in [3.05, 3.63) is 66.0 Å². The Balaban J connectivity index is 2.01. The lowest BCUT2D eigenvalue weighted by Crippen LogP contribution is -2.19. The van der Waals surface area contributed by atoms with E-state index >= 15 is 0 Å². The standard InChI is InChI=1S/C18H15FN4O6S/c1-28-17(24)11-3-5-13(18(25)29-2)16(7-11)30(26,27)22-12-4-6-15(14(19)8-12)23-10-20-9-21-23/h3-10,22H,1-2H3. The summed E-state index contributed by atoms with van der Waals surface area (Å²) in [4.78, 5) is 27.0. The van der Waals surface area contributed by atoms with Crippen molar-refractivity contribution >= 4 is 27.6 Å². The Labute approximate surface area is 170 Å². The molecule has 0 bridgehead atoms. The van der Waals surface area contributed by atoms with Gasteiger partial charge in [0, 0.05) is 6.07 Å². The second kappa shape index (κ2) is 8.29. The molecule has 0 radical (unpaired) electrons. The lowest BCUT2D eigenvalue weighted by molar-refractivity contribution is 0.0583. The molecule has 156 valence electrons. The van der Waals surface area contributed by atoms with Crippen LogP contribution in [0.4, 0.5) is 10.1 Å². The molecule has 1 heterocycles. The molecule has 12 heteroatoms. The molecule has 1 aromatic heterocycles. The summed E-state index contributed by atoms with van der Waals surface area (Å²) in [6.45, 7) is 0. The normalized spacial score (nSPS) is 11.0. The van der Waals surface area contributed by atoms with Gasteiger partial charge in [-0.25, -0.2) is 32.1 Å². The van der Waals surface area contributed by atoms with Crippen molar-refractivity contribution in [1.82, 2.24) is 14.8 Å². The minimum absolute atomic E-state index is 0.0541. The fraction of sp³-hybridized carbons (Fsp3) is 0.111. The third-order valence-electron chi connectivity index (χ3n) is 3.96. The lowest BCUT2D eigenvalue weighted by Gasteiger charge is -2.13. The van der Waals surface area contributed by atoms with E-state index < -0.39 is 32.7 Å². The molecule has 0 fully saturated rings. The van der Waals surface area contributed by atoms with Crippen LogP contribution in [0.25, 0.3) is 5.69 Å². The van der Waals surface area contributed by atoms with Crippen molar-refractivity contribution in [3.8, 4) is 5.69 Å². The number of carbonyl (C=O) groups is 2. The monoisotopic (exact) mass is 434 g/mol. The van der Waals surface area contributed by atoms with E-state index in [-0.39, 0.29) is 22.5 Å². The van der Waals surface area contributed by atoms with Crippen molar-refractivity contribution in [3.63, 3.8) is 0 Å². The molecule has 0 saturated carbocycles. The lowest BCUT2D eigenvalue weighted by atomic mass is 10.1. The molecular weight excluding hydrogens is 419 g/mol. The van der Waals surface area contributed by atoms with E-state index in [0.717, 1.165) is 32.4 Å². The summed E-state index contributed by atoms with van der Waals surface area (Å²) in [6, 6.07) is 6.87. The number of halogens is 1. The summed E-state index contributed by atoms with van der Waals surface area (Å²) in [7, 11) is -2.20. The predicted molar refractivity (Wildman–Crippen MR) is 101 cm³/mol. The van der Waals surface area contributed by atoms with E-state index in [0.29, 0.717) is 0 Å². The molecule has 2 aromatic carbocycles. The van der Waals surface area contributed by atoms with Crippen molar-refractivity contribution in [2.45, 2.75) is 4.90 Å². The van der Waals surface area contributed by atoms with Crippen LogP contribution in [0.2, 0.25) is 0 Å². The third-order valence-corrected chi connectivity index (χ3v) is 5.38. The second-order valence-corrected chi connectivity index (χ2v) is 7.46. The number of hydrogen-bond acceptors (Lipinski definition) is 8. The molecular formula is C18H15FN4O6S. The first-order valence-electron chi connectivity index (χ1n) is 8.25. The molecule has 0 saturated heterocycles. The van der Waals surface area contributed by atoms with Crippen LogP contribution in [-0.4, -0.2) is 49.3 Å². The number of methoxy groups -OCH3 is 2. The number of anilines is 1. The van der Waals surface area contributed by atoms with Gasteiger partial charge < -0.3 is 9.47 Å². The van der Waals surface area contributed by atoms with Gasteiger partial charge >= 0.3 is 11.9 Å². The van der Waals surface area contributed by atoms with Crippen LogP contribution in [0.3, 0.4) is 0 Å². The van der Waals surface area contributed by atoms with Gasteiger partial charge in [0.2, 0.25) is 0 Å². The summed E-state index contributed by atoms with van der Waals surface area (Å²) in [5.41, 5.74) is -0.468. The summed E-state index contributed by atoms with van der Waals surface area (Å²) >= 11 is 0. The first-order chi connectivity index (χ1) is 14.3. The molecule has 0 aliphatic carbocycles. The van der Waals surface area contributed by atoms with E-state index in [2.05, 4.69) is 24.3 Å². The van der Waals surface area contributed by atoms with Crippen LogP contribution in [-0.2, 0) is 19.5 Å². The summed E-state index contributed by atoms with van der Waals surface area (Å²) in [5.74, 6) is -2.50. The number of nitrogens with zero attached hydrogens (tertiary/aromatic N) is 3. The summed E-state index contributed by atoms with van der Waals surface area (Å²) < 4.78 is 52.8. The number of benzene rings is 2. The van der Waals surface area contributed by atoms with Crippen molar-refractivity contribution < 1.29 is 31.9 Å². The number of ether oxygens (including phenoxy) is 2. The minimum Gasteiger partial charge on any atom is -0.465 e. The van der Waals surface area contributed by atoms with Crippen molar-refractivity contribution in [1.29, 1.82) is 0 Å². The summed E-state index contributed by atoms with van der Waals surface area (Å²) in [5, 5.41) is 3.81. The molecule has 0 atom stereocenters. The third kappa shape index (κ3) is 4.12. The maximum absolute atomic E-state index is 14.4. The predicted octanol–water partition coefficient (Wildman–Crippen LogP) is 1.78. The number of rotatable bonds is 6. The number of aromatic nitrogens is 3. The van der Waals surface area contributed by atoms with Crippen LogP contribution in [0.5, 0.6) is 0 Å². The molecule has 30 heavy (non-hydrogen) atoms. The highest BCUT2D eigenvalue weighted by Gasteiger charge is 2.25. The quantitative estimate of drug-likeness (QED) is 0.581. The highest BCUT2D eigenvalue weighted by Crippen LogP contribution is 2.24. The van der Waals surface area contributed by atoms with Crippen molar-refractivity contribution in [2.75, 3.05) is 18.9 Å². The van der Waals surface area contributed by atoms with E-state index in [1.165, 1.54) is 35.5 Å². The molecule has 1 N–H and O–H groups in total. The zero-order valence-electron chi connectivity index (χ0n) is 15.7. The molecule has 0 unspecified atom stereocenters. The SMILES string of the molecule is COC(=O)c1ccc(C(=O)OC)c(S(=O)(=O)Nc2ccc(-n3cncn3)c(F)c2)c1. The largest absolute Gasteiger partial charge is 0.465 e. The number of hydrogen-bond donors (Lipinski definition) is 1. The van der Waals surface area contributed by atoms with Gasteiger partial charge in [-0.05, 0) is 30.3 Å². The Morgan fingerprint density at radius 3 is 2.40 bits per heavy atom. The average molecular weight is 434 g/mol. The highest BCUT2D eigenvalue weighted by molar-refractivity contribution is 7.92. The van der Waals surface area contributed by atoms with E-state index in [4.69, 9.17) is 0 Å². The number of carbonyl (C=O) groups excluding carboxylic acids is 2. The van der Waals surface area contributed by atoms with Gasteiger partial charge in [-0.1, -0.05) is 0 Å².